The van der Waals surface area contributed by atoms with Crippen LogP contribution in [-0.2, 0) is 4.79 Å². The van der Waals surface area contributed by atoms with E-state index in [0.717, 1.165) is 74.5 Å². The van der Waals surface area contributed by atoms with Crippen molar-refractivity contribution in [2.75, 3.05) is 19.6 Å². The topological polar surface area (TPSA) is 88.3 Å². The quantitative estimate of drug-likeness (QED) is 0.735. The van der Waals surface area contributed by atoms with Crippen LogP contribution in [0.3, 0.4) is 0 Å². The molecule has 2 saturated heterocycles. The number of hydrogen-bond acceptors (Lipinski definition) is 6. The Hall–Kier alpha value is -2.87. The molecule has 3 aromatic heterocycles. The lowest BCUT2D eigenvalue weighted by atomic mass is 9.94. The van der Waals surface area contributed by atoms with Gasteiger partial charge in [0.1, 0.15) is 0 Å². The highest BCUT2D eigenvalue weighted by Crippen LogP contribution is 2.29. The maximum Gasteiger partial charge on any atom is 0.237 e. The maximum absolute atomic E-state index is 12.4. The maximum atomic E-state index is 12.4. The third-order valence-electron chi connectivity index (χ3n) is 6.09. The number of fused-ring (bicyclic) bond motifs is 1. The molecule has 0 aromatic carbocycles. The van der Waals surface area contributed by atoms with E-state index >= 15 is 0 Å². The first kappa shape index (κ1) is 18.2. The van der Waals surface area contributed by atoms with Crippen LogP contribution in [0.25, 0.3) is 16.9 Å². The molecule has 0 saturated carbocycles. The van der Waals surface area contributed by atoms with Crippen molar-refractivity contribution in [3.05, 3.63) is 42.5 Å². The van der Waals surface area contributed by atoms with Crippen molar-refractivity contribution in [1.82, 2.24) is 35.0 Å². The molecule has 0 aliphatic carbocycles. The molecule has 29 heavy (non-hydrogen) atoms. The fourth-order valence-electron chi connectivity index (χ4n) is 4.47. The molecule has 1 amide bonds. The fourth-order valence-corrected chi connectivity index (χ4v) is 4.47. The lowest BCUT2D eigenvalue weighted by Crippen LogP contribution is -2.48. The van der Waals surface area contributed by atoms with Gasteiger partial charge in [-0.05, 0) is 69.5 Å². The van der Waals surface area contributed by atoms with Crippen molar-refractivity contribution in [2.45, 2.75) is 44.1 Å². The van der Waals surface area contributed by atoms with E-state index in [4.69, 9.17) is 5.10 Å². The molecule has 8 nitrogen and oxygen atoms in total. The van der Waals surface area contributed by atoms with Crippen LogP contribution in [0.15, 0.2) is 36.7 Å². The Labute approximate surface area is 169 Å². The molecule has 3 aromatic rings. The van der Waals surface area contributed by atoms with Gasteiger partial charge in [0.05, 0.1) is 11.7 Å². The Morgan fingerprint density at radius 2 is 1.93 bits per heavy atom. The zero-order valence-electron chi connectivity index (χ0n) is 16.4. The van der Waals surface area contributed by atoms with Gasteiger partial charge in [-0.15, -0.1) is 10.2 Å². The molecule has 1 unspecified atom stereocenters. The lowest BCUT2D eigenvalue weighted by molar-refractivity contribution is -0.126. The summed E-state index contributed by atoms with van der Waals surface area (Å²) in [5, 5.41) is 16.6. The van der Waals surface area contributed by atoms with Gasteiger partial charge >= 0.3 is 0 Å². The molecule has 0 spiro atoms. The average molecular weight is 391 g/mol. The fraction of sp³-hybridized carbons (Fsp3) is 0.476. The minimum atomic E-state index is 0.0175. The van der Waals surface area contributed by atoms with E-state index in [1.165, 1.54) is 0 Å². The van der Waals surface area contributed by atoms with Crippen molar-refractivity contribution in [3.63, 3.8) is 0 Å². The summed E-state index contributed by atoms with van der Waals surface area (Å²) in [6.45, 7) is 2.61. The Balaban J connectivity index is 1.35. The van der Waals surface area contributed by atoms with Crippen molar-refractivity contribution in [2.24, 2.45) is 0 Å². The van der Waals surface area contributed by atoms with E-state index < -0.39 is 0 Å². The highest BCUT2D eigenvalue weighted by atomic mass is 16.2. The third kappa shape index (κ3) is 3.60. The largest absolute Gasteiger partial charge is 0.355 e. The van der Waals surface area contributed by atoms with Gasteiger partial charge in [-0.1, -0.05) is 0 Å². The van der Waals surface area contributed by atoms with E-state index in [1.807, 2.05) is 35.0 Å². The Bertz CT molecular complexity index is 995. The molecule has 2 aliphatic rings. The highest BCUT2D eigenvalue weighted by Gasteiger charge is 2.32. The van der Waals surface area contributed by atoms with Gasteiger partial charge in [-0.2, -0.15) is 9.61 Å². The Morgan fingerprint density at radius 3 is 2.76 bits per heavy atom. The van der Waals surface area contributed by atoms with E-state index in [9.17, 15) is 4.79 Å². The first-order valence-corrected chi connectivity index (χ1v) is 10.4. The summed E-state index contributed by atoms with van der Waals surface area (Å²) in [4.78, 5) is 18.9. The molecule has 8 heteroatoms. The molecular weight excluding hydrogens is 366 g/mol. The smallest absolute Gasteiger partial charge is 0.237 e. The number of pyridine rings is 1. The number of nitrogens with one attached hydrogen (secondary N) is 1. The zero-order chi connectivity index (χ0) is 19.6. The van der Waals surface area contributed by atoms with Crippen LogP contribution in [0.4, 0.5) is 0 Å². The molecule has 0 radical (unpaired) electrons. The van der Waals surface area contributed by atoms with E-state index in [0.29, 0.717) is 5.92 Å². The van der Waals surface area contributed by atoms with Crippen LogP contribution in [0, 0.1) is 0 Å². The second-order valence-corrected chi connectivity index (χ2v) is 7.90. The predicted molar refractivity (Wildman–Crippen MR) is 108 cm³/mol. The summed E-state index contributed by atoms with van der Waals surface area (Å²) in [6.07, 6.45) is 8.64. The minimum Gasteiger partial charge on any atom is -0.355 e. The van der Waals surface area contributed by atoms with Crippen molar-refractivity contribution in [3.8, 4) is 11.3 Å². The number of rotatable bonds is 3. The van der Waals surface area contributed by atoms with Gasteiger partial charge in [0.2, 0.25) is 5.91 Å². The number of carbonyl (C=O) groups excluding carboxylic acids is 1. The molecule has 5 heterocycles. The van der Waals surface area contributed by atoms with Crippen LogP contribution in [0.1, 0.15) is 43.8 Å². The first-order valence-electron chi connectivity index (χ1n) is 10.4. The summed E-state index contributed by atoms with van der Waals surface area (Å²) in [5.74, 6) is 1.40. The lowest BCUT2D eigenvalue weighted by Gasteiger charge is -2.35. The molecule has 150 valence electrons. The molecule has 1 atom stereocenters. The number of likely N-dealkylation sites (tertiary alicyclic amines) is 1. The van der Waals surface area contributed by atoms with Gasteiger partial charge in [0, 0.05) is 30.4 Å². The molecule has 0 bridgehead atoms. The summed E-state index contributed by atoms with van der Waals surface area (Å²) >= 11 is 0. The van der Waals surface area contributed by atoms with Gasteiger partial charge in [0.25, 0.3) is 0 Å². The van der Waals surface area contributed by atoms with Gasteiger partial charge in [-0.25, -0.2) is 0 Å². The first-order chi connectivity index (χ1) is 14.3. The number of carbonyl (C=O) groups is 1. The van der Waals surface area contributed by atoms with Crippen LogP contribution >= 0.6 is 0 Å². The third-order valence-corrected chi connectivity index (χ3v) is 6.09. The number of amides is 1. The second kappa shape index (κ2) is 7.87. The monoisotopic (exact) mass is 391 g/mol. The van der Waals surface area contributed by atoms with Gasteiger partial charge in [0.15, 0.2) is 11.5 Å². The molecule has 2 aliphatic heterocycles. The summed E-state index contributed by atoms with van der Waals surface area (Å²) in [7, 11) is 0. The van der Waals surface area contributed by atoms with Crippen LogP contribution in [0.2, 0.25) is 0 Å². The van der Waals surface area contributed by atoms with Crippen LogP contribution < -0.4 is 5.32 Å². The average Bonchev–Trinajstić information content (AvgIpc) is 3.08. The van der Waals surface area contributed by atoms with E-state index in [1.54, 1.807) is 6.20 Å². The van der Waals surface area contributed by atoms with E-state index in [-0.39, 0.29) is 11.9 Å². The number of piperidine rings is 1. The second-order valence-electron chi connectivity index (χ2n) is 7.90. The molecular formula is C21H25N7O. The van der Waals surface area contributed by atoms with Gasteiger partial charge < -0.3 is 5.32 Å². The van der Waals surface area contributed by atoms with Gasteiger partial charge in [-0.3, -0.25) is 14.7 Å². The van der Waals surface area contributed by atoms with Crippen molar-refractivity contribution in [1.29, 1.82) is 0 Å². The molecule has 1 N–H and O–H groups in total. The number of nitrogens with zero attached hydrogens (tertiary/aromatic N) is 6. The molecule has 2 fully saturated rings. The Morgan fingerprint density at radius 1 is 1.03 bits per heavy atom. The van der Waals surface area contributed by atoms with E-state index in [2.05, 4.69) is 25.4 Å². The summed E-state index contributed by atoms with van der Waals surface area (Å²) < 4.78 is 1.88. The SMILES string of the molecule is O=C1NCCCCC1N1CCC(c2nnc3ccc(-c4cccnc4)nn23)CC1. The predicted octanol–water partition coefficient (Wildman–Crippen LogP) is 2.03. The van der Waals surface area contributed by atoms with Crippen molar-refractivity contribution < 1.29 is 4.79 Å². The van der Waals surface area contributed by atoms with Crippen LogP contribution in [0.5, 0.6) is 0 Å². The number of aromatic nitrogens is 5. The number of hydrogen-bond donors (Lipinski definition) is 1. The normalized spacial score (nSPS) is 21.8. The standard InChI is InChI=1S/C21H25N7O/c29-21-18(5-1-2-11-23-21)27-12-8-15(9-13-27)20-25-24-19-7-6-17(26-28(19)20)16-4-3-10-22-14-16/h3-4,6-7,10,14-15,18H,1-2,5,8-9,11-13H2,(H,23,29). The summed E-state index contributed by atoms with van der Waals surface area (Å²) in [6, 6.07) is 7.84. The summed E-state index contributed by atoms with van der Waals surface area (Å²) in [5.41, 5.74) is 2.60. The molecule has 5 rings (SSSR count). The van der Waals surface area contributed by atoms with Crippen molar-refractivity contribution >= 4 is 11.6 Å². The van der Waals surface area contributed by atoms with Crippen LogP contribution in [-0.4, -0.2) is 61.3 Å². The minimum absolute atomic E-state index is 0.0175. The zero-order valence-corrected chi connectivity index (χ0v) is 16.4. The Kier molecular flexibility index (Phi) is 4.93. The highest BCUT2D eigenvalue weighted by molar-refractivity contribution is 5.81.